The Morgan fingerprint density at radius 3 is 1.95 bits per heavy atom. The van der Waals surface area contributed by atoms with Gasteiger partial charge in [0.25, 0.3) is 9.05 Å². The van der Waals surface area contributed by atoms with Crippen molar-refractivity contribution in [2.45, 2.75) is 4.90 Å². The first-order valence-electron chi connectivity index (χ1n) is 4.75. The first kappa shape index (κ1) is 16.8. The summed E-state index contributed by atoms with van der Waals surface area (Å²) in [5, 5.41) is -0.138. The van der Waals surface area contributed by atoms with Crippen LogP contribution in [0.5, 0.6) is 5.75 Å². The molecule has 5 nitrogen and oxygen atoms in total. The summed E-state index contributed by atoms with van der Waals surface area (Å²) in [5.74, 6) is -0.203. The minimum absolute atomic E-state index is 0.0102. The molecule has 19 heavy (non-hydrogen) atoms. The summed E-state index contributed by atoms with van der Waals surface area (Å²) in [5.41, 5.74) is 0. The van der Waals surface area contributed by atoms with Gasteiger partial charge in [0.1, 0.15) is 6.61 Å². The highest BCUT2D eigenvalue weighted by atomic mass is 35.7. The Labute approximate surface area is 125 Å². The number of halogens is 3. The van der Waals surface area contributed by atoms with Gasteiger partial charge in [0, 0.05) is 16.9 Å². The molecule has 0 fully saturated rings. The van der Waals surface area contributed by atoms with E-state index in [0.29, 0.717) is 0 Å². The van der Waals surface area contributed by atoms with Crippen LogP contribution in [0, 0.1) is 0 Å². The molecular weight excluding hydrogens is 359 g/mol. The predicted molar refractivity (Wildman–Crippen MR) is 74.7 cm³/mol. The fourth-order valence-electron chi connectivity index (χ4n) is 1.11. The highest BCUT2D eigenvalue weighted by molar-refractivity contribution is 8.13. The Balaban J connectivity index is 2.99. The van der Waals surface area contributed by atoms with Crippen molar-refractivity contribution in [2.24, 2.45) is 0 Å². The smallest absolute Gasteiger partial charge is 0.261 e. The third kappa shape index (κ3) is 5.35. The second-order valence-electron chi connectivity index (χ2n) is 3.63. The summed E-state index contributed by atoms with van der Waals surface area (Å²) in [6.45, 7) is -0.148. The molecule has 0 atom stereocenters. The minimum atomic E-state index is -3.96. The minimum Gasteiger partial charge on any atom is -0.489 e. The average Bonchev–Trinajstić information content (AvgIpc) is 2.18. The fourth-order valence-corrected chi connectivity index (χ4v) is 3.01. The summed E-state index contributed by atoms with van der Waals surface area (Å²) in [6.07, 6.45) is 1.06. The van der Waals surface area contributed by atoms with Gasteiger partial charge in [-0.25, -0.2) is 16.8 Å². The molecule has 0 spiro atoms. The first-order valence-corrected chi connectivity index (χ1v) is 9.87. The van der Waals surface area contributed by atoms with Gasteiger partial charge in [-0.2, -0.15) is 0 Å². The molecule has 108 valence electrons. The van der Waals surface area contributed by atoms with Crippen LogP contribution in [0.15, 0.2) is 17.0 Å². The summed E-state index contributed by atoms with van der Waals surface area (Å²) in [6, 6.07) is 2.15. The molecule has 0 unspecified atom stereocenters. The molecule has 0 N–H and O–H groups in total. The van der Waals surface area contributed by atoms with E-state index in [2.05, 4.69) is 0 Å². The lowest BCUT2D eigenvalue weighted by Gasteiger charge is -2.10. The van der Waals surface area contributed by atoms with Gasteiger partial charge in [-0.3, -0.25) is 0 Å². The predicted octanol–water partition coefficient (Wildman–Crippen LogP) is 2.34. The SMILES string of the molecule is CS(=O)(=O)CCOc1c(Cl)cc(S(=O)(=O)Cl)cc1Cl. The van der Waals surface area contributed by atoms with Crippen LogP contribution in [-0.4, -0.2) is 35.5 Å². The van der Waals surface area contributed by atoms with E-state index in [4.69, 9.17) is 38.6 Å². The van der Waals surface area contributed by atoms with Crippen LogP contribution in [0.25, 0.3) is 0 Å². The van der Waals surface area contributed by atoms with Crippen LogP contribution in [0.4, 0.5) is 0 Å². The third-order valence-corrected chi connectivity index (χ3v) is 4.76. The van der Waals surface area contributed by atoms with Crippen LogP contribution in [-0.2, 0) is 18.9 Å². The van der Waals surface area contributed by atoms with E-state index >= 15 is 0 Å². The zero-order valence-electron chi connectivity index (χ0n) is 9.56. The number of sulfone groups is 1. The highest BCUT2D eigenvalue weighted by Gasteiger charge is 2.17. The second-order valence-corrected chi connectivity index (χ2v) is 9.27. The zero-order valence-corrected chi connectivity index (χ0v) is 13.5. The van der Waals surface area contributed by atoms with Crippen molar-refractivity contribution in [3.63, 3.8) is 0 Å². The molecule has 0 aliphatic heterocycles. The van der Waals surface area contributed by atoms with Crippen molar-refractivity contribution in [1.29, 1.82) is 0 Å². The fraction of sp³-hybridized carbons (Fsp3) is 0.333. The van der Waals surface area contributed by atoms with Crippen LogP contribution < -0.4 is 4.74 Å². The quantitative estimate of drug-likeness (QED) is 0.747. The summed E-state index contributed by atoms with van der Waals surface area (Å²) in [7, 11) is -1.98. The van der Waals surface area contributed by atoms with Gasteiger partial charge in [0.15, 0.2) is 15.6 Å². The van der Waals surface area contributed by atoms with Crippen molar-refractivity contribution in [1.82, 2.24) is 0 Å². The monoisotopic (exact) mass is 366 g/mol. The van der Waals surface area contributed by atoms with Crippen molar-refractivity contribution in [3.8, 4) is 5.75 Å². The van der Waals surface area contributed by atoms with Crippen LogP contribution in [0.3, 0.4) is 0 Å². The van der Waals surface area contributed by atoms with Gasteiger partial charge in [0.2, 0.25) is 0 Å². The maximum atomic E-state index is 11.1. The van der Waals surface area contributed by atoms with Gasteiger partial charge in [0.05, 0.1) is 20.7 Å². The van der Waals surface area contributed by atoms with Crippen molar-refractivity contribution in [3.05, 3.63) is 22.2 Å². The number of hydrogen-bond acceptors (Lipinski definition) is 5. The van der Waals surface area contributed by atoms with Gasteiger partial charge < -0.3 is 4.74 Å². The summed E-state index contributed by atoms with van der Waals surface area (Å²) in [4.78, 5) is -0.264. The lowest BCUT2D eigenvalue weighted by molar-refractivity contribution is 0.341. The lowest BCUT2D eigenvalue weighted by Crippen LogP contribution is -2.12. The maximum Gasteiger partial charge on any atom is 0.261 e. The van der Waals surface area contributed by atoms with Crippen LogP contribution >= 0.6 is 33.9 Å². The van der Waals surface area contributed by atoms with E-state index in [1.165, 1.54) is 0 Å². The number of benzene rings is 1. The molecule has 0 aromatic heterocycles. The lowest BCUT2D eigenvalue weighted by atomic mass is 10.3. The van der Waals surface area contributed by atoms with Crippen molar-refractivity contribution >= 4 is 52.8 Å². The Morgan fingerprint density at radius 2 is 1.58 bits per heavy atom. The Kier molecular flexibility index (Phi) is 5.36. The first-order chi connectivity index (χ1) is 8.50. The summed E-state index contributed by atoms with van der Waals surface area (Å²) >= 11 is 11.6. The molecule has 0 amide bonds. The molecule has 0 bridgehead atoms. The molecule has 0 aliphatic carbocycles. The number of ether oxygens (including phenoxy) is 1. The van der Waals surface area contributed by atoms with Crippen LogP contribution in [0.2, 0.25) is 10.0 Å². The highest BCUT2D eigenvalue weighted by Crippen LogP contribution is 2.36. The van der Waals surface area contributed by atoms with Crippen molar-refractivity contribution < 1.29 is 21.6 Å². The maximum absolute atomic E-state index is 11.1. The summed E-state index contributed by atoms with van der Waals surface area (Å²) < 4.78 is 49.2. The molecule has 0 saturated heterocycles. The average molecular weight is 368 g/mol. The Hall–Kier alpha value is -0.210. The van der Waals surface area contributed by atoms with E-state index in [1.54, 1.807) is 0 Å². The topological polar surface area (TPSA) is 77.5 Å². The Bertz CT molecular complexity index is 659. The molecule has 1 rings (SSSR count). The molecule has 0 saturated carbocycles. The van der Waals surface area contributed by atoms with E-state index in [9.17, 15) is 16.8 Å². The van der Waals surface area contributed by atoms with Gasteiger partial charge >= 0.3 is 0 Å². The third-order valence-electron chi connectivity index (χ3n) is 1.95. The molecular formula is C9H9Cl3O5S2. The van der Waals surface area contributed by atoms with Gasteiger partial charge in [-0.15, -0.1) is 0 Å². The number of rotatable bonds is 5. The zero-order chi connectivity index (χ0) is 14.8. The molecule has 0 aliphatic rings. The van der Waals surface area contributed by atoms with E-state index in [1.807, 2.05) is 0 Å². The van der Waals surface area contributed by atoms with E-state index in [0.717, 1.165) is 18.4 Å². The van der Waals surface area contributed by atoms with Crippen molar-refractivity contribution in [2.75, 3.05) is 18.6 Å². The second kappa shape index (κ2) is 6.05. The van der Waals surface area contributed by atoms with Crippen LogP contribution in [0.1, 0.15) is 0 Å². The van der Waals surface area contributed by atoms with Gasteiger partial charge in [-0.1, -0.05) is 23.2 Å². The van der Waals surface area contributed by atoms with E-state index in [-0.39, 0.29) is 33.0 Å². The van der Waals surface area contributed by atoms with E-state index < -0.39 is 18.9 Å². The van der Waals surface area contributed by atoms with Gasteiger partial charge in [-0.05, 0) is 12.1 Å². The molecule has 0 heterocycles. The molecule has 0 radical (unpaired) electrons. The Morgan fingerprint density at radius 1 is 1.11 bits per heavy atom. The molecule has 1 aromatic carbocycles. The normalized spacial score (nSPS) is 12.4. The standard InChI is InChI=1S/C9H9Cl3O5S2/c1-18(13,14)3-2-17-9-7(10)4-6(5-8(9)11)19(12,15)16/h4-5H,2-3H2,1H3. The molecule has 1 aromatic rings. The molecule has 10 heteroatoms. The number of hydrogen-bond donors (Lipinski definition) is 0. The largest absolute Gasteiger partial charge is 0.489 e.